The van der Waals surface area contributed by atoms with Crippen LogP contribution in [0.3, 0.4) is 0 Å². The average Bonchev–Trinajstić information content (AvgIpc) is 3.47. The second kappa shape index (κ2) is 9.79. The predicted octanol–water partition coefficient (Wildman–Crippen LogP) is 6.00. The summed E-state index contributed by atoms with van der Waals surface area (Å²) in [6.07, 6.45) is 1.78. The number of thioether (sulfide) groups is 1. The number of para-hydroxylation sites is 2. The van der Waals surface area contributed by atoms with Gasteiger partial charge in [-0.3, -0.25) is 10.2 Å². The summed E-state index contributed by atoms with van der Waals surface area (Å²) >= 11 is 1.31. The van der Waals surface area contributed by atoms with Gasteiger partial charge >= 0.3 is 0 Å². The molecule has 0 spiro atoms. The Labute approximate surface area is 224 Å². The molecule has 2 aliphatic heterocycles. The zero-order valence-corrected chi connectivity index (χ0v) is 21.8. The van der Waals surface area contributed by atoms with Gasteiger partial charge in [0.15, 0.2) is 5.84 Å². The van der Waals surface area contributed by atoms with Crippen molar-refractivity contribution < 1.29 is 9.53 Å². The van der Waals surface area contributed by atoms with Crippen molar-refractivity contribution in [3.05, 3.63) is 107 Å². The van der Waals surface area contributed by atoms with E-state index in [0.29, 0.717) is 23.4 Å². The summed E-state index contributed by atoms with van der Waals surface area (Å²) in [6.45, 7) is 5.20. The number of hydrogen-bond donors (Lipinski definition) is 1. The van der Waals surface area contributed by atoms with Crippen LogP contribution in [-0.2, 0) is 11.3 Å². The monoisotopic (exact) mass is 519 g/mol. The lowest BCUT2D eigenvalue weighted by Crippen LogP contribution is -2.35. The molecule has 6 rings (SSSR count). The topological polar surface area (TPSA) is 83.0 Å². The van der Waals surface area contributed by atoms with E-state index in [2.05, 4.69) is 20.7 Å². The van der Waals surface area contributed by atoms with E-state index < -0.39 is 5.91 Å². The van der Waals surface area contributed by atoms with Gasteiger partial charge in [-0.05, 0) is 49.9 Å². The number of nitrogens with zero attached hydrogens (tertiary/aromatic N) is 4. The molecule has 1 N–H and O–H groups in total. The first-order valence-electron chi connectivity index (χ1n) is 12.3. The molecule has 0 saturated carbocycles. The lowest BCUT2D eigenvalue weighted by atomic mass is 10.1. The Morgan fingerprint density at radius 1 is 0.974 bits per heavy atom. The number of hydrogen-bond acceptors (Lipinski definition) is 5. The maximum Gasteiger partial charge on any atom is 0.283 e. The maximum atomic E-state index is 13.1. The number of rotatable bonds is 6. The van der Waals surface area contributed by atoms with Gasteiger partial charge in [0.05, 0.1) is 12.1 Å². The molecule has 4 aromatic rings. The number of benzene rings is 3. The molecule has 1 aromatic heterocycles. The Hall–Kier alpha value is -4.43. The molecular formula is C30H25N5O2S. The molecule has 0 radical (unpaired) electrons. The van der Waals surface area contributed by atoms with Crippen LogP contribution in [-0.4, -0.2) is 38.1 Å². The summed E-state index contributed by atoms with van der Waals surface area (Å²) in [5.74, 6) is 0.420. The Morgan fingerprint density at radius 2 is 1.71 bits per heavy atom. The first-order chi connectivity index (χ1) is 18.5. The normalized spacial score (nSPS) is 16.2. The van der Waals surface area contributed by atoms with Gasteiger partial charge in [0.2, 0.25) is 5.17 Å². The quantitative estimate of drug-likeness (QED) is 0.317. The van der Waals surface area contributed by atoms with Crippen molar-refractivity contribution in [3.8, 4) is 5.75 Å². The maximum absolute atomic E-state index is 13.1. The number of ether oxygens (including phenoxy) is 1. The van der Waals surface area contributed by atoms with Crippen LogP contribution >= 0.6 is 11.8 Å². The van der Waals surface area contributed by atoms with Crippen molar-refractivity contribution in [2.75, 3.05) is 6.61 Å². The fourth-order valence-electron chi connectivity index (χ4n) is 4.65. The Kier molecular flexibility index (Phi) is 6.17. The van der Waals surface area contributed by atoms with Crippen molar-refractivity contribution >= 4 is 50.7 Å². The predicted molar refractivity (Wildman–Crippen MR) is 154 cm³/mol. The number of carbonyl (C=O) groups is 1. The number of aromatic nitrogens is 1. The Bertz CT molecular complexity index is 1670. The summed E-state index contributed by atoms with van der Waals surface area (Å²) in [5, 5.41) is 17.0. The van der Waals surface area contributed by atoms with Gasteiger partial charge in [-0.2, -0.15) is 15.1 Å². The Morgan fingerprint density at radius 3 is 2.50 bits per heavy atom. The number of aliphatic imine (C=N–C) groups is 1. The molecule has 1 amide bonds. The summed E-state index contributed by atoms with van der Waals surface area (Å²) in [4.78, 5) is 17.4. The highest BCUT2D eigenvalue weighted by molar-refractivity contribution is 8.27. The zero-order valence-electron chi connectivity index (χ0n) is 21.0. The fraction of sp³-hybridized carbons (Fsp3) is 0.133. The highest BCUT2D eigenvalue weighted by Crippen LogP contribution is 2.33. The minimum Gasteiger partial charge on any atom is -0.492 e. The highest BCUT2D eigenvalue weighted by atomic mass is 32.2. The molecule has 0 bridgehead atoms. The lowest BCUT2D eigenvalue weighted by Gasteiger charge is -2.20. The van der Waals surface area contributed by atoms with E-state index in [1.807, 2.05) is 86.6 Å². The SMILES string of the molecule is Cc1ccc(C2=NN3C(=N)C(=Cc4c(C)n(CCOc5ccccc5)c5ccccc45)C(=O)N=C3S2)cc1. The van der Waals surface area contributed by atoms with Gasteiger partial charge in [0.25, 0.3) is 5.91 Å². The molecule has 0 aliphatic carbocycles. The molecule has 3 aromatic carbocycles. The molecule has 0 fully saturated rings. The number of carbonyl (C=O) groups excluding carboxylic acids is 1. The van der Waals surface area contributed by atoms with Crippen LogP contribution in [0.15, 0.2) is 94.5 Å². The average molecular weight is 520 g/mol. The minimum absolute atomic E-state index is 0.0262. The molecule has 188 valence electrons. The third-order valence-electron chi connectivity index (χ3n) is 6.65. The number of aryl methyl sites for hydroxylation is 1. The van der Waals surface area contributed by atoms with Crippen LogP contribution in [0.25, 0.3) is 17.0 Å². The minimum atomic E-state index is -0.433. The van der Waals surface area contributed by atoms with Gasteiger partial charge < -0.3 is 9.30 Å². The van der Waals surface area contributed by atoms with Crippen LogP contribution in [0.4, 0.5) is 0 Å². The van der Waals surface area contributed by atoms with Crippen LogP contribution in [0.1, 0.15) is 22.4 Å². The second-order valence-corrected chi connectivity index (χ2v) is 10.1. The van der Waals surface area contributed by atoms with Gasteiger partial charge in [-0.25, -0.2) is 0 Å². The highest BCUT2D eigenvalue weighted by Gasteiger charge is 2.36. The standard InChI is InChI=1S/C30H25N5O2S/c1-19-12-14-21(15-13-19)29-33-35-27(31)25(28(36)32-30(35)38-29)18-24-20(2)34(26-11-7-6-10-23(24)26)16-17-37-22-8-4-3-5-9-22/h3-15,18,31H,16-17H2,1-2H3. The van der Waals surface area contributed by atoms with Gasteiger partial charge in [0.1, 0.15) is 17.4 Å². The number of nitrogens with one attached hydrogen (secondary N) is 1. The molecule has 0 unspecified atom stereocenters. The third-order valence-corrected chi connectivity index (χ3v) is 7.61. The zero-order chi connectivity index (χ0) is 26.2. The van der Waals surface area contributed by atoms with Crippen LogP contribution in [0.5, 0.6) is 5.75 Å². The summed E-state index contributed by atoms with van der Waals surface area (Å²) in [7, 11) is 0. The third kappa shape index (κ3) is 4.33. The molecule has 38 heavy (non-hydrogen) atoms. The van der Waals surface area contributed by atoms with E-state index in [1.54, 1.807) is 6.08 Å². The number of amidine groups is 2. The first kappa shape index (κ1) is 23.9. The summed E-state index contributed by atoms with van der Waals surface area (Å²) < 4.78 is 8.13. The number of fused-ring (bicyclic) bond motifs is 2. The van der Waals surface area contributed by atoms with Crippen molar-refractivity contribution in [2.45, 2.75) is 20.4 Å². The van der Waals surface area contributed by atoms with Crippen molar-refractivity contribution in [3.63, 3.8) is 0 Å². The first-order valence-corrected chi connectivity index (χ1v) is 13.1. The fourth-order valence-corrected chi connectivity index (χ4v) is 5.55. The van der Waals surface area contributed by atoms with Crippen molar-refractivity contribution in [1.29, 1.82) is 5.41 Å². The van der Waals surface area contributed by atoms with E-state index in [1.165, 1.54) is 16.8 Å². The summed E-state index contributed by atoms with van der Waals surface area (Å²) in [6, 6.07) is 25.8. The largest absolute Gasteiger partial charge is 0.492 e. The van der Waals surface area contributed by atoms with E-state index in [0.717, 1.165) is 39.0 Å². The molecule has 2 aliphatic rings. The van der Waals surface area contributed by atoms with Crippen molar-refractivity contribution in [1.82, 2.24) is 9.58 Å². The van der Waals surface area contributed by atoms with E-state index in [-0.39, 0.29) is 11.4 Å². The molecule has 0 saturated heterocycles. The smallest absolute Gasteiger partial charge is 0.283 e. The Balaban J connectivity index is 1.32. The number of amides is 1. The van der Waals surface area contributed by atoms with E-state index >= 15 is 0 Å². The molecule has 7 nitrogen and oxygen atoms in total. The number of hydrazone groups is 1. The molecule has 3 heterocycles. The van der Waals surface area contributed by atoms with Crippen LogP contribution in [0.2, 0.25) is 0 Å². The summed E-state index contributed by atoms with van der Waals surface area (Å²) in [5.41, 5.74) is 5.23. The van der Waals surface area contributed by atoms with Crippen LogP contribution in [0, 0.1) is 19.3 Å². The van der Waals surface area contributed by atoms with Gasteiger partial charge in [0, 0.05) is 27.7 Å². The van der Waals surface area contributed by atoms with Crippen molar-refractivity contribution in [2.24, 2.45) is 10.1 Å². The second-order valence-electron chi connectivity index (χ2n) is 9.12. The van der Waals surface area contributed by atoms with E-state index in [4.69, 9.17) is 10.1 Å². The molecule has 8 heteroatoms. The molecule has 0 atom stereocenters. The molecular weight excluding hydrogens is 494 g/mol. The van der Waals surface area contributed by atoms with Crippen LogP contribution < -0.4 is 4.74 Å². The lowest BCUT2D eigenvalue weighted by molar-refractivity contribution is -0.114. The van der Waals surface area contributed by atoms with E-state index in [9.17, 15) is 4.79 Å². The van der Waals surface area contributed by atoms with Gasteiger partial charge in [-0.1, -0.05) is 66.2 Å². The van der Waals surface area contributed by atoms with Gasteiger partial charge in [-0.15, -0.1) is 0 Å².